The van der Waals surface area contributed by atoms with E-state index < -0.39 is 11.1 Å². The van der Waals surface area contributed by atoms with Crippen LogP contribution in [-0.4, -0.2) is 20.7 Å². The van der Waals surface area contributed by atoms with E-state index in [0.29, 0.717) is 13.0 Å². The summed E-state index contributed by atoms with van der Waals surface area (Å²) >= 11 is 0. The summed E-state index contributed by atoms with van der Waals surface area (Å²) in [4.78, 5) is 0. The van der Waals surface area contributed by atoms with Gasteiger partial charge in [0.2, 0.25) is 0 Å². The SMILES string of the molecule is CC1(C)C=C(C#CC#CCn2c3ccccc3c3ccccc32)CC(C)(C)N1[O]. The molecule has 0 unspecified atom stereocenters. The predicted molar refractivity (Wildman–Crippen MR) is 118 cm³/mol. The molecule has 0 fully saturated rings. The molecule has 0 saturated carbocycles. The van der Waals surface area contributed by atoms with Crippen LogP contribution in [-0.2, 0) is 11.8 Å². The van der Waals surface area contributed by atoms with Crippen LogP contribution in [0.2, 0.25) is 0 Å². The Morgan fingerprint density at radius 2 is 1.48 bits per heavy atom. The molecule has 145 valence electrons. The molecular formula is C26H25N2O. The van der Waals surface area contributed by atoms with E-state index in [4.69, 9.17) is 0 Å². The summed E-state index contributed by atoms with van der Waals surface area (Å²) in [5.74, 6) is 12.4. The zero-order chi connectivity index (χ0) is 20.6. The van der Waals surface area contributed by atoms with Gasteiger partial charge in [0.05, 0.1) is 12.1 Å². The van der Waals surface area contributed by atoms with Crippen LogP contribution in [0.25, 0.3) is 21.8 Å². The summed E-state index contributed by atoms with van der Waals surface area (Å²) in [5.41, 5.74) is 2.34. The number of aromatic nitrogens is 1. The molecule has 3 heteroatoms. The quantitative estimate of drug-likeness (QED) is 0.523. The van der Waals surface area contributed by atoms with E-state index in [1.165, 1.54) is 26.9 Å². The Labute approximate surface area is 172 Å². The summed E-state index contributed by atoms with van der Waals surface area (Å²) in [6.45, 7) is 8.37. The molecule has 0 saturated heterocycles. The number of benzene rings is 2. The molecule has 2 heterocycles. The highest BCUT2D eigenvalue weighted by Crippen LogP contribution is 2.35. The maximum atomic E-state index is 12.4. The smallest absolute Gasteiger partial charge is 0.0853 e. The first-order chi connectivity index (χ1) is 13.8. The van der Waals surface area contributed by atoms with Gasteiger partial charge in [-0.3, -0.25) is 0 Å². The van der Waals surface area contributed by atoms with Crippen molar-refractivity contribution in [2.45, 2.75) is 51.7 Å². The average Bonchev–Trinajstić information content (AvgIpc) is 3.00. The molecule has 1 aliphatic heterocycles. The molecule has 3 aromatic rings. The van der Waals surface area contributed by atoms with Crippen molar-refractivity contribution in [2.75, 3.05) is 0 Å². The van der Waals surface area contributed by atoms with Crippen LogP contribution in [0.4, 0.5) is 0 Å². The minimum Gasteiger partial charge on any atom is -0.329 e. The zero-order valence-electron chi connectivity index (χ0n) is 17.4. The average molecular weight is 381 g/mol. The van der Waals surface area contributed by atoms with Gasteiger partial charge in [-0.2, -0.15) is 0 Å². The molecule has 0 atom stereocenters. The van der Waals surface area contributed by atoms with Crippen LogP contribution in [0.1, 0.15) is 34.1 Å². The molecule has 1 radical (unpaired) electrons. The molecule has 4 rings (SSSR count). The van der Waals surface area contributed by atoms with Gasteiger partial charge in [0.25, 0.3) is 0 Å². The van der Waals surface area contributed by atoms with Crippen LogP contribution in [0.15, 0.2) is 60.2 Å². The Bertz CT molecular complexity index is 1180. The van der Waals surface area contributed by atoms with Crippen molar-refractivity contribution < 1.29 is 5.21 Å². The third-order valence-corrected chi connectivity index (χ3v) is 5.51. The molecule has 0 bridgehead atoms. The highest BCUT2D eigenvalue weighted by Gasteiger charge is 2.41. The van der Waals surface area contributed by atoms with E-state index in [-0.39, 0.29) is 0 Å². The fourth-order valence-electron chi connectivity index (χ4n) is 4.38. The van der Waals surface area contributed by atoms with Crippen LogP contribution >= 0.6 is 0 Å². The third-order valence-electron chi connectivity index (χ3n) is 5.51. The Morgan fingerprint density at radius 1 is 0.897 bits per heavy atom. The van der Waals surface area contributed by atoms with E-state index in [1.54, 1.807) is 0 Å². The minimum absolute atomic E-state index is 0.460. The van der Waals surface area contributed by atoms with E-state index >= 15 is 0 Å². The van der Waals surface area contributed by atoms with E-state index in [9.17, 15) is 5.21 Å². The van der Waals surface area contributed by atoms with Gasteiger partial charge in [0.1, 0.15) is 0 Å². The molecule has 3 nitrogen and oxygen atoms in total. The topological polar surface area (TPSA) is 28.1 Å². The summed E-state index contributed by atoms with van der Waals surface area (Å²) in [6, 6.07) is 16.8. The molecule has 0 N–H and O–H groups in total. The number of fused-ring (bicyclic) bond motifs is 3. The van der Waals surface area contributed by atoms with Crippen molar-refractivity contribution in [3.05, 3.63) is 60.2 Å². The van der Waals surface area contributed by atoms with Crippen molar-refractivity contribution in [2.24, 2.45) is 0 Å². The maximum Gasteiger partial charge on any atom is 0.0853 e. The van der Waals surface area contributed by atoms with E-state index in [1.807, 2.05) is 33.8 Å². The van der Waals surface area contributed by atoms with Crippen LogP contribution in [0.3, 0.4) is 0 Å². The summed E-state index contributed by atoms with van der Waals surface area (Å²) in [7, 11) is 0. The minimum atomic E-state index is -0.553. The zero-order valence-corrected chi connectivity index (χ0v) is 17.4. The van der Waals surface area contributed by atoms with Gasteiger partial charge < -0.3 is 4.57 Å². The molecule has 1 aromatic heterocycles. The molecule has 0 spiro atoms. The summed E-state index contributed by atoms with van der Waals surface area (Å²) in [5, 5.41) is 16.1. The van der Waals surface area contributed by atoms with Crippen molar-refractivity contribution in [1.29, 1.82) is 0 Å². The van der Waals surface area contributed by atoms with Gasteiger partial charge in [-0.25, -0.2) is 0 Å². The first-order valence-electron chi connectivity index (χ1n) is 9.94. The fourth-order valence-corrected chi connectivity index (χ4v) is 4.38. The number of hydrogen-bond donors (Lipinski definition) is 0. The van der Waals surface area contributed by atoms with Gasteiger partial charge in [-0.05, 0) is 51.7 Å². The Balaban J connectivity index is 1.60. The van der Waals surface area contributed by atoms with E-state index in [0.717, 1.165) is 5.57 Å². The first-order valence-corrected chi connectivity index (χ1v) is 9.94. The van der Waals surface area contributed by atoms with Gasteiger partial charge in [0, 0.05) is 39.3 Å². The highest BCUT2D eigenvalue weighted by atomic mass is 16.5. The second-order valence-electron chi connectivity index (χ2n) is 8.78. The number of nitrogens with zero attached hydrogens (tertiary/aromatic N) is 2. The Hall–Kier alpha value is -2.98. The summed E-state index contributed by atoms with van der Waals surface area (Å²) in [6.07, 6.45) is 2.61. The number of hydrogen-bond acceptors (Lipinski definition) is 1. The van der Waals surface area contributed by atoms with Crippen LogP contribution in [0, 0.1) is 23.7 Å². The van der Waals surface area contributed by atoms with Crippen molar-refractivity contribution in [1.82, 2.24) is 9.63 Å². The Kier molecular flexibility index (Phi) is 4.75. The number of hydroxylamine groups is 2. The largest absolute Gasteiger partial charge is 0.329 e. The van der Waals surface area contributed by atoms with Gasteiger partial charge >= 0.3 is 0 Å². The highest BCUT2D eigenvalue weighted by molar-refractivity contribution is 6.08. The first kappa shape index (κ1) is 19.3. The van der Waals surface area contributed by atoms with Crippen molar-refractivity contribution in [3.8, 4) is 23.7 Å². The van der Waals surface area contributed by atoms with Crippen molar-refractivity contribution in [3.63, 3.8) is 0 Å². The third kappa shape index (κ3) is 3.56. The molecule has 0 aliphatic carbocycles. The van der Waals surface area contributed by atoms with Crippen LogP contribution < -0.4 is 0 Å². The van der Waals surface area contributed by atoms with E-state index in [2.05, 4.69) is 76.8 Å². The lowest BCUT2D eigenvalue weighted by Crippen LogP contribution is -2.54. The standard InChI is InChI=1S/C26H25N2O/c1-25(2)18-20(19-26(3,4)28(25)29)12-6-5-11-17-27-23-15-9-7-13-21(23)22-14-8-10-16-24(22)27/h7-10,13-16,18H,17,19H2,1-4H3. The monoisotopic (exact) mass is 381 g/mol. The lowest BCUT2D eigenvalue weighted by molar-refractivity contribution is -0.262. The number of rotatable bonds is 1. The molecule has 1 aliphatic rings. The van der Waals surface area contributed by atoms with Crippen LogP contribution in [0.5, 0.6) is 0 Å². The Morgan fingerprint density at radius 3 is 2.07 bits per heavy atom. The van der Waals surface area contributed by atoms with Crippen molar-refractivity contribution >= 4 is 21.8 Å². The predicted octanol–water partition coefficient (Wildman–Crippen LogP) is 5.34. The van der Waals surface area contributed by atoms with Gasteiger partial charge in [-0.15, -0.1) is 10.3 Å². The second-order valence-corrected chi connectivity index (χ2v) is 8.78. The molecule has 0 amide bonds. The molecular weight excluding hydrogens is 356 g/mol. The number of para-hydroxylation sites is 2. The normalized spacial score (nSPS) is 17.9. The lowest BCUT2D eigenvalue weighted by Gasteiger charge is -2.44. The maximum absolute atomic E-state index is 12.4. The molecule has 2 aromatic carbocycles. The van der Waals surface area contributed by atoms with Gasteiger partial charge in [-0.1, -0.05) is 54.3 Å². The summed E-state index contributed by atoms with van der Waals surface area (Å²) < 4.78 is 2.24. The molecule has 29 heavy (non-hydrogen) atoms. The second kappa shape index (κ2) is 7.12. The van der Waals surface area contributed by atoms with Gasteiger partial charge in [0.15, 0.2) is 0 Å². The fraction of sp³-hybridized carbons (Fsp3) is 0.308. The lowest BCUT2D eigenvalue weighted by atomic mass is 9.83.